The molecule has 0 N–H and O–H groups in total. The quantitative estimate of drug-likeness (QED) is 0.182. The number of hydrogen-bond acceptors (Lipinski definition) is 8. The van der Waals surface area contributed by atoms with E-state index in [0.29, 0.717) is 46.6 Å². The Hall–Kier alpha value is -1.90. The third-order valence-corrected chi connectivity index (χ3v) is 3.33. The molecule has 0 spiro atoms. The summed E-state index contributed by atoms with van der Waals surface area (Å²) in [4.78, 5) is 28.5. The molecule has 0 saturated heterocycles. The van der Waals surface area contributed by atoms with E-state index in [2.05, 4.69) is 15.5 Å². The number of carbonyl (C=O) groups is 1. The molecule has 0 heterocycles. The summed E-state index contributed by atoms with van der Waals surface area (Å²) in [5, 5.41) is 11.7. The van der Waals surface area contributed by atoms with Crippen LogP contribution >= 0.6 is 0 Å². The van der Waals surface area contributed by atoms with Gasteiger partial charge in [-0.1, -0.05) is 36.2 Å². The van der Waals surface area contributed by atoms with Crippen molar-refractivity contribution in [3.8, 4) is 0 Å². The molecule has 0 aliphatic carbocycles. The number of hydrogen-bond donors (Lipinski definition) is 0. The van der Waals surface area contributed by atoms with Crippen LogP contribution in [-0.2, 0) is 24.0 Å². The molecule has 8 nitrogen and oxygen atoms in total. The van der Waals surface area contributed by atoms with Crippen molar-refractivity contribution in [2.45, 2.75) is 79.4 Å². The maximum absolute atomic E-state index is 12.6. The molecule has 0 saturated carbocycles. The molecule has 0 bridgehead atoms. The van der Waals surface area contributed by atoms with Gasteiger partial charge in [0.1, 0.15) is 0 Å². The summed E-state index contributed by atoms with van der Waals surface area (Å²) in [6.45, 7) is 12.7. The number of esters is 1. The van der Waals surface area contributed by atoms with E-state index in [9.17, 15) is 4.79 Å². The molecule has 1 atom stereocenters. The molecular formula is C16H31N3O5Si. The molecular weight excluding hydrogens is 342 g/mol. The lowest BCUT2D eigenvalue weighted by atomic mass is 10.3. The summed E-state index contributed by atoms with van der Waals surface area (Å²) in [7, 11) is 0.638. The van der Waals surface area contributed by atoms with Gasteiger partial charge in [-0.3, -0.25) is 14.5 Å². The number of carbonyl (C=O) groups excluding carboxylic acids is 1. The predicted molar refractivity (Wildman–Crippen MR) is 102 cm³/mol. The summed E-state index contributed by atoms with van der Waals surface area (Å²) < 4.78 is 5.25. The summed E-state index contributed by atoms with van der Waals surface area (Å²) in [5.74, 6) is -3.20. The van der Waals surface area contributed by atoms with Crippen LogP contribution in [0.15, 0.2) is 15.5 Å². The van der Waals surface area contributed by atoms with Gasteiger partial charge < -0.3 is 4.74 Å². The molecule has 0 radical (unpaired) electrons. The number of ether oxygens (including phenoxy) is 1. The van der Waals surface area contributed by atoms with E-state index in [4.69, 9.17) is 19.2 Å². The molecule has 25 heavy (non-hydrogen) atoms. The largest absolute Gasteiger partial charge is 0.581 e. The molecule has 0 aromatic carbocycles. The molecule has 0 fully saturated rings. The number of oxime groups is 3. The van der Waals surface area contributed by atoms with Crippen LogP contribution in [0.4, 0.5) is 0 Å². The fourth-order valence-corrected chi connectivity index (χ4v) is 1.27. The first-order valence-electron chi connectivity index (χ1n) is 8.56. The lowest BCUT2D eigenvalue weighted by Gasteiger charge is -2.24. The third-order valence-electron chi connectivity index (χ3n) is 3.09. The standard InChI is InChI=1S/C16H31N3O5Si/c1-8-11(4)17-22-16(15(20)21-14(7)25,23-18-12(5)9-2)24-19-13(6)10-3/h14H,8-10H2,1-7,25H3. The summed E-state index contributed by atoms with van der Waals surface area (Å²) in [6, 6.07) is 0. The Morgan fingerprint density at radius 2 is 1.20 bits per heavy atom. The van der Waals surface area contributed by atoms with Crippen molar-refractivity contribution >= 4 is 33.3 Å². The Kier molecular flexibility index (Phi) is 10.7. The van der Waals surface area contributed by atoms with Crippen molar-refractivity contribution in [1.82, 2.24) is 0 Å². The zero-order chi connectivity index (χ0) is 19.5. The normalized spacial score (nSPS) is 16.8. The average Bonchev–Trinajstić information content (AvgIpc) is 2.59. The smallest absolute Gasteiger partial charge is 0.459 e. The van der Waals surface area contributed by atoms with Crippen LogP contribution in [0.2, 0.25) is 0 Å². The molecule has 1 unspecified atom stereocenters. The van der Waals surface area contributed by atoms with Gasteiger partial charge in [-0.05, 0) is 47.0 Å². The monoisotopic (exact) mass is 373 g/mol. The molecule has 0 aromatic heterocycles. The van der Waals surface area contributed by atoms with Crippen molar-refractivity contribution in [3.05, 3.63) is 0 Å². The lowest BCUT2D eigenvalue weighted by molar-refractivity contribution is -0.367. The van der Waals surface area contributed by atoms with Crippen molar-refractivity contribution in [2.75, 3.05) is 0 Å². The first-order valence-corrected chi connectivity index (χ1v) is 9.72. The van der Waals surface area contributed by atoms with Gasteiger partial charge in [-0.15, -0.1) is 0 Å². The minimum absolute atomic E-state index is 0.272. The van der Waals surface area contributed by atoms with Crippen LogP contribution in [0.25, 0.3) is 0 Å². The first-order chi connectivity index (χ1) is 11.7. The van der Waals surface area contributed by atoms with E-state index in [-0.39, 0.29) is 5.73 Å². The lowest BCUT2D eigenvalue weighted by Crippen LogP contribution is -2.46. The van der Waals surface area contributed by atoms with Gasteiger partial charge in [0.2, 0.25) is 0 Å². The molecule has 9 heteroatoms. The highest BCUT2D eigenvalue weighted by Gasteiger charge is 2.53. The van der Waals surface area contributed by atoms with Crippen LogP contribution in [0, 0.1) is 0 Å². The predicted octanol–water partition coefficient (Wildman–Crippen LogP) is 2.30. The molecule has 0 aliphatic rings. The van der Waals surface area contributed by atoms with Gasteiger partial charge in [0.05, 0.1) is 33.1 Å². The van der Waals surface area contributed by atoms with E-state index in [1.54, 1.807) is 27.7 Å². The second-order valence-electron chi connectivity index (χ2n) is 5.82. The fraction of sp³-hybridized carbons (Fsp3) is 0.750. The van der Waals surface area contributed by atoms with Crippen molar-refractivity contribution in [3.63, 3.8) is 0 Å². The van der Waals surface area contributed by atoms with Gasteiger partial charge >= 0.3 is 11.9 Å². The number of rotatable bonds is 11. The molecule has 0 amide bonds. The van der Waals surface area contributed by atoms with E-state index in [1.807, 2.05) is 20.8 Å². The minimum atomic E-state index is -2.32. The average molecular weight is 374 g/mol. The van der Waals surface area contributed by atoms with Gasteiger partial charge in [0, 0.05) is 0 Å². The first kappa shape index (κ1) is 23.1. The fourth-order valence-electron chi connectivity index (χ4n) is 1.06. The molecule has 0 aromatic rings. The van der Waals surface area contributed by atoms with Gasteiger partial charge in [0.15, 0.2) is 0 Å². The highest BCUT2D eigenvalue weighted by Crippen LogP contribution is 2.21. The third kappa shape index (κ3) is 8.66. The van der Waals surface area contributed by atoms with Crippen LogP contribution in [0.1, 0.15) is 67.7 Å². The van der Waals surface area contributed by atoms with Crippen molar-refractivity contribution in [1.29, 1.82) is 0 Å². The van der Waals surface area contributed by atoms with E-state index in [0.717, 1.165) is 0 Å². The number of nitrogens with zero attached hydrogens (tertiary/aromatic N) is 3. The van der Waals surface area contributed by atoms with E-state index >= 15 is 0 Å². The maximum atomic E-state index is 12.6. The zero-order valence-corrected chi connectivity index (χ0v) is 18.6. The molecule has 0 aliphatic heterocycles. The van der Waals surface area contributed by atoms with Gasteiger partial charge in [-0.2, -0.15) is 0 Å². The van der Waals surface area contributed by atoms with Crippen molar-refractivity contribution < 1.29 is 24.0 Å². The van der Waals surface area contributed by atoms with Crippen molar-refractivity contribution in [2.24, 2.45) is 15.5 Å². The highest BCUT2D eigenvalue weighted by molar-refractivity contribution is 6.11. The Morgan fingerprint density at radius 3 is 1.44 bits per heavy atom. The van der Waals surface area contributed by atoms with Crippen LogP contribution in [0.5, 0.6) is 0 Å². The highest BCUT2D eigenvalue weighted by atomic mass is 28.1. The summed E-state index contributed by atoms with van der Waals surface area (Å²) in [6.07, 6.45) is 1.91. The SMILES string of the molecule is CCC(C)=NOC(ON=C(C)CC)(ON=C(C)CC)C(=O)OC(C)[SiH3]. The second-order valence-corrected chi connectivity index (χ2v) is 7.45. The molecule has 144 valence electrons. The van der Waals surface area contributed by atoms with E-state index in [1.165, 1.54) is 0 Å². The topological polar surface area (TPSA) is 91.1 Å². The Morgan fingerprint density at radius 1 is 0.880 bits per heavy atom. The Balaban J connectivity index is 5.85. The van der Waals surface area contributed by atoms with Gasteiger partial charge in [-0.25, -0.2) is 4.79 Å². The molecule has 0 rings (SSSR count). The summed E-state index contributed by atoms with van der Waals surface area (Å²) in [5.41, 5.74) is 1.67. The maximum Gasteiger partial charge on any atom is 0.581 e. The van der Waals surface area contributed by atoms with Gasteiger partial charge in [0.25, 0.3) is 0 Å². The second kappa shape index (κ2) is 11.6. The summed E-state index contributed by atoms with van der Waals surface area (Å²) >= 11 is 0. The zero-order valence-electron chi connectivity index (χ0n) is 16.6. The Bertz CT molecular complexity index is 463. The minimum Gasteiger partial charge on any atom is -0.459 e. The van der Waals surface area contributed by atoms with Crippen LogP contribution < -0.4 is 0 Å². The van der Waals surface area contributed by atoms with Crippen LogP contribution in [-0.4, -0.2) is 45.0 Å². The van der Waals surface area contributed by atoms with Crippen LogP contribution in [0.3, 0.4) is 0 Å². The Labute approximate surface area is 153 Å². The van der Waals surface area contributed by atoms with E-state index < -0.39 is 11.9 Å².